The van der Waals surface area contributed by atoms with E-state index < -0.39 is 0 Å². The van der Waals surface area contributed by atoms with Crippen molar-refractivity contribution in [3.8, 4) is 0 Å². The largest absolute Gasteiger partial charge is 0.235 e. The molecule has 0 heterocycles. The predicted octanol–water partition coefficient (Wildman–Crippen LogP) is 2.45. The third kappa shape index (κ3) is 2.27. The van der Waals surface area contributed by atoms with Gasteiger partial charge in [0.05, 0.1) is 6.54 Å². The van der Waals surface area contributed by atoms with E-state index in [0.717, 1.165) is 5.56 Å². The highest BCUT2D eigenvalue weighted by Gasteiger charge is 2.01. The van der Waals surface area contributed by atoms with E-state index in [4.69, 9.17) is 0 Å². The lowest BCUT2D eigenvalue weighted by atomic mass is 10.0. The second kappa shape index (κ2) is 4.01. The van der Waals surface area contributed by atoms with Gasteiger partial charge in [0.2, 0.25) is 6.08 Å². The van der Waals surface area contributed by atoms with Crippen LogP contribution in [0.3, 0.4) is 0 Å². The Kier molecular flexibility index (Phi) is 2.99. The van der Waals surface area contributed by atoms with Crippen molar-refractivity contribution in [3.05, 3.63) is 34.4 Å². The molecule has 0 atom stereocenters. The molecular weight excluding hydrogens is 162 g/mol. The number of carbonyl (C=O) groups excluding carboxylic acids is 1. The van der Waals surface area contributed by atoms with Crippen LogP contribution in [0.15, 0.2) is 17.1 Å². The molecule has 0 aliphatic heterocycles. The van der Waals surface area contributed by atoms with E-state index >= 15 is 0 Å². The van der Waals surface area contributed by atoms with Crippen molar-refractivity contribution in [2.45, 2.75) is 27.3 Å². The van der Waals surface area contributed by atoms with E-state index in [2.05, 4.69) is 24.0 Å². The Balaban J connectivity index is 3.12. The van der Waals surface area contributed by atoms with Crippen molar-refractivity contribution < 1.29 is 4.79 Å². The second-order valence-corrected chi connectivity index (χ2v) is 3.28. The minimum absolute atomic E-state index is 0.446. The first-order valence-electron chi connectivity index (χ1n) is 4.25. The van der Waals surface area contributed by atoms with Crippen LogP contribution in [0.4, 0.5) is 0 Å². The Hall–Kier alpha value is -1.40. The molecule has 0 saturated carbocycles. The van der Waals surface area contributed by atoms with Crippen LogP contribution >= 0.6 is 0 Å². The van der Waals surface area contributed by atoms with Gasteiger partial charge < -0.3 is 0 Å². The monoisotopic (exact) mass is 175 g/mol. The van der Waals surface area contributed by atoms with Gasteiger partial charge in [0, 0.05) is 0 Å². The number of benzene rings is 1. The van der Waals surface area contributed by atoms with Crippen LogP contribution in [0.1, 0.15) is 22.3 Å². The molecule has 0 radical (unpaired) electrons. The molecule has 0 aliphatic rings. The van der Waals surface area contributed by atoms with E-state index in [1.807, 2.05) is 13.8 Å². The number of aliphatic imine (C=N–C) groups is 1. The molecule has 1 rings (SSSR count). The molecule has 68 valence electrons. The number of rotatable bonds is 2. The molecule has 0 fully saturated rings. The number of aryl methyl sites for hydroxylation is 3. The Morgan fingerprint density at radius 2 is 1.77 bits per heavy atom. The predicted molar refractivity (Wildman–Crippen MR) is 52.5 cm³/mol. The number of hydrogen-bond donors (Lipinski definition) is 0. The van der Waals surface area contributed by atoms with Crippen LogP contribution < -0.4 is 0 Å². The van der Waals surface area contributed by atoms with Crippen LogP contribution in [-0.4, -0.2) is 6.08 Å². The van der Waals surface area contributed by atoms with Crippen molar-refractivity contribution >= 4 is 6.08 Å². The molecule has 1 aromatic rings. The SMILES string of the molecule is Cc1cc(C)c(CN=C=O)c(C)c1. The lowest BCUT2D eigenvalue weighted by Crippen LogP contribution is -1.93. The first-order chi connectivity index (χ1) is 6.15. The zero-order valence-electron chi connectivity index (χ0n) is 8.22. The first kappa shape index (κ1) is 9.69. The van der Waals surface area contributed by atoms with Gasteiger partial charge in [0.15, 0.2) is 0 Å². The summed E-state index contributed by atoms with van der Waals surface area (Å²) < 4.78 is 0. The van der Waals surface area contributed by atoms with Crippen LogP contribution in [-0.2, 0) is 11.3 Å². The van der Waals surface area contributed by atoms with Gasteiger partial charge in [-0.2, -0.15) is 0 Å². The molecule has 0 spiro atoms. The highest BCUT2D eigenvalue weighted by Crippen LogP contribution is 2.16. The van der Waals surface area contributed by atoms with E-state index in [-0.39, 0.29) is 0 Å². The summed E-state index contributed by atoms with van der Waals surface area (Å²) in [6.07, 6.45) is 1.56. The maximum atomic E-state index is 9.98. The van der Waals surface area contributed by atoms with Crippen LogP contribution in [0, 0.1) is 20.8 Å². The van der Waals surface area contributed by atoms with E-state index in [1.165, 1.54) is 16.7 Å². The normalized spacial score (nSPS) is 9.46. The Morgan fingerprint density at radius 3 is 2.23 bits per heavy atom. The van der Waals surface area contributed by atoms with Crippen molar-refractivity contribution in [1.29, 1.82) is 0 Å². The van der Waals surface area contributed by atoms with Gasteiger partial charge in [0.1, 0.15) is 0 Å². The second-order valence-electron chi connectivity index (χ2n) is 3.28. The Labute approximate surface area is 78.3 Å². The summed E-state index contributed by atoms with van der Waals surface area (Å²) in [6, 6.07) is 4.20. The summed E-state index contributed by atoms with van der Waals surface area (Å²) >= 11 is 0. The third-order valence-corrected chi connectivity index (χ3v) is 2.14. The fourth-order valence-corrected chi connectivity index (χ4v) is 1.57. The van der Waals surface area contributed by atoms with Crippen molar-refractivity contribution in [2.24, 2.45) is 4.99 Å². The lowest BCUT2D eigenvalue weighted by molar-refractivity contribution is 0.562. The van der Waals surface area contributed by atoms with Gasteiger partial charge in [-0.15, -0.1) is 0 Å². The van der Waals surface area contributed by atoms with Gasteiger partial charge in [-0.25, -0.2) is 9.79 Å². The molecular formula is C11H13NO. The van der Waals surface area contributed by atoms with Gasteiger partial charge in [0.25, 0.3) is 0 Å². The zero-order valence-corrected chi connectivity index (χ0v) is 8.22. The molecule has 2 nitrogen and oxygen atoms in total. The maximum Gasteiger partial charge on any atom is 0.235 e. The molecule has 0 aliphatic carbocycles. The molecule has 0 bridgehead atoms. The number of nitrogens with zero attached hydrogens (tertiary/aromatic N) is 1. The highest BCUT2D eigenvalue weighted by atomic mass is 16.1. The quantitative estimate of drug-likeness (QED) is 0.501. The van der Waals surface area contributed by atoms with E-state index in [0.29, 0.717) is 6.54 Å². The van der Waals surface area contributed by atoms with E-state index in [1.54, 1.807) is 6.08 Å². The molecule has 1 aromatic carbocycles. The fraction of sp³-hybridized carbons (Fsp3) is 0.364. The standard InChI is InChI=1S/C11H13NO/c1-8-4-9(2)11(6-12-7-13)10(3)5-8/h4-5H,6H2,1-3H3. The number of hydrogen-bond acceptors (Lipinski definition) is 2. The fourth-order valence-electron chi connectivity index (χ4n) is 1.57. The average molecular weight is 175 g/mol. The Morgan fingerprint density at radius 1 is 1.23 bits per heavy atom. The summed E-state index contributed by atoms with van der Waals surface area (Å²) in [5.74, 6) is 0. The molecule has 2 heteroatoms. The summed E-state index contributed by atoms with van der Waals surface area (Å²) in [5.41, 5.74) is 4.76. The maximum absolute atomic E-state index is 9.98. The summed E-state index contributed by atoms with van der Waals surface area (Å²) in [5, 5.41) is 0. The van der Waals surface area contributed by atoms with Crippen molar-refractivity contribution in [3.63, 3.8) is 0 Å². The topological polar surface area (TPSA) is 29.4 Å². The van der Waals surface area contributed by atoms with Crippen LogP contribution in [0.5, 0.6) is 0 Å². The van der Waals surface area contributed by atoms with Crippen molar-refractivity contribution in [2.75, 3.05) is 0 Å². The summed E-state index contributed by atoms with van der Waals surface area (Å²) in [6.45, 7) is 6.58. The molecule has 0 saturated heterocycles. The zero-order chi connectivity index (χ0) is 9.84. The Bertz CT molecular complexity index is 339. The molecule has 0 unspecified atom stereocenters. The molecule has 0 amide bonds. The highest BCUT2D eigenvalue weighted by molar-refractivity contribution is 5.39. The van der Waals surface area contributed by atoms with Gasteiger partial charge in [-0.05, 0) is 37.5 Å². The summed E-state index contributed by atoms with van der Waals surface area (Å²) in [4.78, 5) is 13.6. The van der Waals surface area contributed by atoms with Gasteiger partial charge >= 0.3 is 0 Å². The minimum atomic E-state index is 0.446. The van der Waals surface area contributed by atoms with E-state index in [9.17, 15) is 4.79 Å². The number of isocyanates is 1. The molecule has 0 N–H and O–H groups in total. The minimum Gasteiger partial charge on any atom is -0.211 e. The van der Waals surface area contributed by atoms with Gasteiger partial charge in [-0.1, -0.05) is 17.7 Å². The first-order valence-corrected chi connectivity index (χ1v) is 4.25. The lowest BCUT2D eigenvalue weighted by Gasteiger charge is -2.07. The summed E-state index contributed by atoms with van der Waals surface area (Å²) in [7, 11) is 0. The average Bonchev–Trinajstić information content (AvgIpc) is 2.02. The van der Waals surface area contributed by atoms with Gasteiger partial charge in [-0.3, -0.25) is 0 Å². The smallest absolute Gasteiger partial charge is 0.211 e. The third-order valence-electron chi connectivity index (χ3n) is 2.14. The van der Waals surface area contributed by atoms with Crippen molar-refractivity contribution in [1.82, 2.24) is 0 Å². The molecule has 13 heavy (non-hydrogen) atoms. The van der Waals surface area contributed by atoms with Crippen LogP contribution in [0.2, 0.25) is 0 Å². The molecule has 0 aromatic heterocycles. The van der Waals surface area contributed by atoms with Crippen LogP contribution in [0.25, 0.3) is 0 Å².